The number of nitrogens with zero attached hydrogens (tertiary/aromatic N) is 3. The monoisotopic (exact) mass is 565 g/mol. The van der Waals surface area contributed by atoms with Gasteiger partial charge in [-0.1, -0.05) is 57.5 Å². The molecule has 0 radical (unpaired) electrons. The molecule has 41 heavy (non-hydrogen) atoms. The lowest BCUT2D eigenvalue weighted by Gasteiger charge is -2.41. The van der Waals surface area contributed by atoms with E-state index in [1.807, 2.05) is 51.1 Å². The highest BCUT2D eigenvalue weighted by atomic mass is 16.5. The van der Waals surface area contributed by atoms with Crippen LogP contribution < -0.4 is 4.90 Å². The second-order valence-electron chi connectivity index (χ2n) is 12.3. The van der Waals surface area contributed by atoms with Gasteiger partial charge in [0.25, 0.3) is 0 Å². The number of likely N-dealkylation sites (tertiary alicyclic amines) is 1. The predicted molar refractivity (Wildman–Crippen MR) is 160 cm³/mol. The van der Waals surface area contributed by atoms with Crippen LogP contribution in [-0.4, -0.2) is 82.2 Å². The molecule has 1 N–H and O–H groups in total. The van der Waals surface area contributed by atoms with Gasteiger partial charge in [-0.25, -0.2) is 0 Å². The van der Waals surface area contributed by atoms with Gasteiger partial charge in [0.1, 0.15) is 11.6 Å². The number of para-hydroxylation sites is 1. The average molecular weight is 566 g/mol. The first-order chi connectivity index (χ1) is 19.7. The van der Waals surface area contributed by atoms with Crippen LogP contribution in [0.15, 0.2) is 55.6 Å². The Morgan fingerprint density at radius 3 is 2.41 bits per heavy atom. The van der Waals surface area contributed by atoms with Gasteiger partial charge >= 0.3 is 0 Å². The number of ether oxygens (including phenoxy) is 1. The molecule has 224 valence electrons. The van der Waals surface area contributed by atoms with Gasteiger partial charge in [-0.05, 0) is 50.7 Å². The van der Waals surface area contributed by atoms with Crippen molar-refractivity contribution in [2.24, 2.45) is 17.8 Å². The molecule has 8 heteroatoms. The number of anilines is 1. The van der Waals surface area contributed by atoms with Crippen molar-refractivity contribution >= 4 is 23.4 Å². The van der Waals surface area contributed by atoms with Crippen molar-refractivity contribution < 1.29 is 24.2 Å². The zero-order chi connectivity index (χ0) is 29.9. The molecular weight excluding hydrogens is 518 g/mol. The lowest BCUT2D eigenvalue weighted by atomic mass is 9.70. The molecule has 3 fully saturated rings. The van der Waals surface area contributed by atoms with Crippen LogP contribution in [0.1, 0.15) is 59.8 Å². The van der Waals surface area contributed by atoms with Gasteiger partial charge in [-0.2, -0.15) is 0 Å². The Labute approximate surface area is 245 Å². The maximum atomic E-state index is 14.6. The van der Waals surface area contributed by atoms with E-state index < -0.39 is 35.6 Å². The fourth-order valence-corrected chi connectivity index (χ4v) is 7.46. The second-order valence-corrected chi connectivity index (χ2v) is 12.3. The molecule has 2 bridgehead atoms. The Kier molecular flexibility index (Phi) is 9.75. The first kappa shape index (κ1) is 31.0. The van der Waals surface area contributed by atoms with E-state index in [4.69, 9.17) is 4.74 Å². The summed E-state index contributed by atoms with van der Waals surface area (Å²) in [5, 5.41) is 10.5. The van der Waals surface area contributed by atoms with Crippen LogP contribution in [0.5, 0.6) is 0 Å². The van der Waals surface area contributed by atoms with Crippen LogP contribution in [0.25, 0.3) is 0 Å². The predicted octanol–water partition coefficient (Wildman–Crippen LogP) is 4.19. The zero-order valence-corrected chi connectivity index (χ0v) is 25.1. The number of carbonyl (C=O) groups excluding carboxylic acids is 3. The third kappa shape index (κ3) is 5.48. The summed E-state index contributed by atoms with van der Waals surface area (Å²) in [5.74, 6) is -1.99. The largest absolute Gasteiger partial charge is 0.394 e. The molecule has 0 saturated carbocycles. The van der Waals surface area contributed by atoms with E-state index in [2.05, 4.69) is 20.1 Å². The summed E-state index contributed by atoms with van der Waals surface area (Å²) in [6.07, 6.45) is 6.29. The lowest BCUT2D eigenvalue weighted by Crippen LogP contribution is -2.60. The van der Waals surface area contributed by atoms with Crippen molar-refractivity contribution in [3.8, 4) is 0 Å². The van der Waals surface area contributed by atoms with E-state index in [-0.39, 0.29) is 36.3 Å². The fourth-order valence-electron chi connectivity index (χ4n) is 7.46. The second kappa shape index (κ2) is 12.9. The summed E-state index contributed by atoms with van der Waals surface area (Å²) in [6.45, 7) is 16.3. The Balaban J connectivity index is 1.80. The van der Waals surface area contributed by atoms with Crippen molar-refractivity contribution in [2.75, 3.05) is 24.6 Å². The summed E-state index contributed by atoms with van der Waals surface area (Å²) < 4.78 is 6.69. The summed E-state index contributed by atoms with van der Waals surface area (Å²) in [4.78, 5) is 48.5. The molecule has 3 aliphatic heterocycles. The number of benzene rings is 1. The van der Waals surface area contributed by atoms with Gasteiger partial charge < -0.3 is 24.5 Å². The highest BCUT2D eigenvalue weighted by Gasteiger charge is 2.75. The molecule has 0 aliphatic carbocycles. The van der Waals surface area contributed by atoms with Gasteiger partial charge in [-0.3, -0.25) is 14.4 Å². The molecule has 1 aromatic carbocycles. The minimum atomic E-state index is -1.12. The molecule has 1 aromatic rings. The molecule has 3 amide bonds. The third-order valence-corrected chi connectivity index (χ3v) is 9.10. The number of rotatable bonds is 14. The number of amides is 3. The van der Waals surface area contributed by atoms with E-state index in [1.54, 1.807) is 26.9 Å². The van der Waals surface area contributed by atoms with Crippen LogP contribution in [-0.2, 0) is 19.1 Å². The minimum absolute atomic E-state index is 0.0622. The zero-order valence-electron chi connectivity index (χ0n) is 25.1. The van der Waals surface area contributed by atoms with E-state index in [0.717, 1.165) is 18.5 Å². The molecule has 1 spiro atoms. The molecule has 3 aliphatic rings. The van der Waals surface area contributed by atoms with E-state index >= 15 is 0 Å². The van der Waals surface area contributed by atoms with Crippen molar-refractivity contribution in [3.63, 3.8) is 0 Å². The number of aliphatic hydroxyl groups excluding tert-OH is 1. The van der Waals surface area contributed by atoms with Crippen molar-refractivity contribution in [1.82, 2.24) is 9.80 Å². The highest BCUT2D eigenvalue weighted by molar-refractivity contribution is 6.03. The van der Waals surface area contributed by atoms with Gasteiger partial charge in [0.05, 0.1) is 30.6 Å². The topological polar surface area (TPSA) is 90.4 Å². The van der Waals surface area contributed by atoms with Gasteiger partial charge in [0.2, 0.25) is 17.7 Å². The smallest absolute Gasteiger partial charge is 0.248 e. The number of carbonyl (C=O) groups is 3. The normalized spacial score (nSPS) is 28.0. The SMILES string of the molecule is C=CCN(C(=O)[C@@H]1[C@H]2C(=O)N([C@@H](CO)CC(C)C)C(C(=O)N(CC=C)C(C)CCC)C23CC[C@H]1O3)c1ccccc1. The minimum Gasteiger partial charge on any atom is -0.394 e. The van der Waals surface area contributed by atoms with E-state index in [9.17, 15) is 19.5 Å². The molecule has 4 rings (SSSR count). The lowest BCUT2D eigenvalue weighted by molar-refractivity contribution is -0.152. The maximum absolute atomic E-state index is 14.6. The van der Waals surface area contributed by atoms with Gasteiger partial charge in [-0.15, -0.1) is 13.2 Å². The van der Waals surface area contributed by atoms with Crippen LogP contribution in [0.2, 0.25) is 0 Å². The van der Waals surface area contributed by atoms with Crippen molar-refractivity contribution in [1.29, 1.82) is 0 Å². The summed E-state index contributed by atoms with van der Waals surface area (Å²) in [6, 6.07) is 7.84. The van der Waals surface area contributed by atoms with Gasteiger partial charge in [0, 0.05) is 24.8 Å². The Morgan fingerprint density at radius 2 is 1.83 bits per heavy atom. The van der Waals surface area contributed by atoms with E-state index in [0.29, 0.717) is 32.4 Å². The Bertz CT molecular complexity index is 1120. The fraction of sp³-hybridized carbons (Fsp3) is 0.606. The first-order valence-corrected chi connectivity index (χ1v) is 15.2. The van der Waals surface area contributed by atoms with E-state index in [1.165, 1.54) is 0 Å². The third-order valence-electron chi connectivity index (χ3n) is 9.10. The molecule has 3 unspecified atom stereocenters. The van der Waals surface area contributed by atoms with Crippen LogP contribution in [0.4, 0.5) is 5.69 Å². The van der Waals surface area contributed by atoms with Crippen LogP contribution in [0, 0.1) is 17.8 Å². The first-order valence-electron chi connectivity index (χ1n) is 15.2. The van der Waals surface area contributed by atoms with Crippen molar-refractivity contribution in [2.45, 2.75) is 89.6 Å². The molecule has 7 atom stereocenters. The van der Waals surface area contributed by atoms with Crippen LogP contribution in [0.3, 0.4) is 0 Å². The maximum Gasteiger partial charge on any atom is 0.248 e. The Morgan fingerprint density at radius 1 is 1.15 bits per heavy atom. The Hall–Kier alpha value is -2.97. The molecular formula is C33H47N3O5. The number of hydrogen-bond donors (Lipinski definition) is 1. The number of hydrogen-bond acceptors (Lipinski definition) is 5. The summed E-state index contributed by atoms with van der Waals surface area (Å²) in [5.41, 5.74) is -0.395. The highest BCUT2D eigenvalue weighted by Crippen LogP contribution is 2.59. The summed E-state index contributed by atoms with van der Waals surface area (Å²) >= 11 is 0. The van der Waals surface area contributed by atoms with Gasteiger partial charge in [0.15, 0.2) is 0 Å². The standard InChI is InChI=1S/C33H47N3O5/c1-7-13-23(6)34(18-8-2)32(40)29-33-17-16-26(41-33)27(28(33)31(39)36(29)25(21-37)20-22(4)5)30(38)35(19-9-3)24-14-11-10-12-15-24/h8-12,14-15,22-23,25-29,37H,2-3,7,13,16-21H2,1,4-6H3/t23?,25-,26-,27+,28+,29?,33?/m1/s1. The number of fused-ring (bicyclic) bond motifs is 1. The van der Waals surface area contributed by atoms with Crippen LogP contribution >= 0.6 is 0 Å². The summed E-state index contributed by atoms with van der Waals surface area (Å²) in [7, 11) is 0. The quantitative estimate of drug-likeness (QED) is 0.342. The van der Waals surface area contributed by atoms with Crippen molar-refractivity contribution in [3.05, 3.63) is 55.6 Å². The average Bonchev–Trinajstić information content (AvgIpc) is 3.60. The molecule has 3 heterocycles. The molecule has 8 nitrogen and oxygen atoms in total. The number of aliphatic hydroxyl groups is 1. The molecule has 0 aromatic heterocycles. The molecule has 3 saturated heterocycles.